The minimum atomic E-state index is -2.42. The van der Waals surface area contributed by atoms with Crippen LogP contribution in [0, 0.1) is 0 Å². The van der Waals surface area contributed by atoms with Gasteiger partial charge in [-0.25, -0.2) is 0 Å². The Bertz CT molecular complexity index is 507. The molecule has 0 aliphatic carbocycles. The van der Waals surface area contributed by atoms with Crippen molar-refractivity contribution in [3.05, 3.63) is 24.3 Å². The third-order valence-electron chi connectivity index (χ3n) is 4.73. The zero-order chi connectivity index (χ0) is 17.3. The SMILES string of the molecule is CC(C)P(=O)(c1ccc(P(=O)(C(C)C)C(C)C)cc1)C(C)C. The molecular formula is C18H32O2P2. The van der Waals surface area contributed by atoms with Gasteiger partial charge in [0.2, 0.25) is 0 Å². The van der Waals surface area contributed by atoms with Crippen LogP contribution in [0.4, 0.5) is 0 Å². The zero-order valence-electron chi connectivity index (χ0n) is 15.3. The van der Waals surface area contributed by atoms with Gasteiger partial charge < -0.3 is 9.13 Å². The summed E-state index contributed by atoms with van der Waals surface area (Å²) in [4.78, 5) is 0. The van der Waals surface area contributed by atoms with Crippen LogP contribution in [-0.4, -0.2) is 22.6 Å². The summed E-state index contributed by atoms with van der Waals surface area (Å²) in [5, 5.41) is 1.83. The summed E-state index contributed by atoms with van der Waals surface area (Å²) in [5.74, 6) is 0. The van der Waals surface area contributed by atoms with Crippen LogP contribution < -0.4 is 10.6 Å². The lowest BCUT2D eigenvalue weighted by atomic mass is 10.4. The average Bonchev–Trinajstić information content (AvgIpc) is 2.44. The molecule has 0 radical (unpaired) electrons. The molecule has 0 amide bonds. The molecule has 0 aliphatic heterocycles. The highest BCUT2D eigenvalue weighted by atomic mass is 31.2. The van der Waals surface area contributed by atoms with Gasteiger partial charge >= 0.3 is 0 Å². The molecule has 0 aliphatic rings. The van der Waals surface area contributed by atoms with Gasteiger partial charge in [0.25, 0.3) is 0 Å². The summed E-state index contributed by atoms with van der Waals surface area (Å²) in [6.45, 7) is 16.2. The second kappa shape index (κ2) is 7.06. The van der Waals surface area contributed by atoms with E-state index in [1.165, 1.54) is 0 Å². The number of hydrogen-bond acceptors (Lipinski definition) is 2. The standard InChI is InChI=1S/C18H32O2P2/c1-13(2)21(19,14(3)4)17-9-11-18(12-10-17)22(20,15(5)6)16(7)8/h9-16H,1-8H3. The minimum Gasteiger partial charge on any atom is -0.318 e. The van der Waals surface area contributed by atoms with Crippen molar-refractivity contribution in [3.8, 4) is 0 Å². The number of hydrogen-bond donors (Lipinski definition) is 0. The van der Waals surface area contributed by atoms with Gasteiger partial charge in [0, 0.05) is 33.2 Å². The molecule has 0 N–H and O–H groups in total. The first-order valence-electron chi connectivity index (χ1n) is 8.29. The van der Waals surface area contributed by atoms with Crippen LogP contribution >= 0.6 is 14.3 Å². The predicted octanol–water partition coefficient (Wildman–Crippen LogP) is 5.30. The summed E-state index contributed by atoms with van der Waals surface area (Å²) in [5.41, 5.74) is 0.501. The molecule has 0 heterocycles. The number of rotatable bonds is 6. The second-order valence-corrected chi connectivity index (χ2v) is 15.3. The number of benzene rings is 1. The smallest absolute Gasteiger partial charge is 0.120 e. The average molecular weight is 342 g/mol. The first kappa shape index (κ1) is 19.7. The Labute approximate surface area is 136 Å². The molecule has 4 heteroatoms. The Morgan fingerprint density at radius 2 is 0.727 bits per heavy atom. The first-order valence-corrected chi connectivity index (χ1v) is 12.0. The van der Waals surface area contributed by atoms with E-state index < -0.39 is 14.3 Å². The van der Waals surface area contributed by atoms with Crippen LogP contribution in [0.5, 0.6) is 0 Å². The Hall–Kier alpha value is -0.320. The van der Waals surface area contributed by atoms with Crippen LogP contribution in [0.3, 0.4) is 0 Å². The van der Waals surface area contributed by atoms with Crippen molar-refractivity contribution in [2.45, 2.75) is 78.0 Å². The maximum absolute atomic E-state index is 13.4. The van der Waals surface area contributed by atoms with Crippen molar-refractivity contribution in [1.29, 1.82) is 0 Å². The highest BCUT2D eigenvalue weighted by Crippen LogP contribution is 2.55. The summed E-state index contributed by atoms with van der Waals surface area (Å²) >= 11 is 0. The molecule has 2 nitrogen and oxygen atoms in total. The lowest BCUT2D eigenvalue weighted by molar-refractivity contribution is 0.568. The van der Waals surface area contributed by atoms with E-state index in [-0.39, 0.29) is 22.6 Å². The lowest BCUT2D eigenvalue weighted by Crippen LogP contribution is -2.23. The molecule has 0 spiro atoms. The fourth-order valence-corrected chi connectivity index (χ4v) is 9.30. The van der Waals surface area contributed by atoms with Crippen LogP contribution in [0.25, 0.3) is 0 Å². The molecule has 0 bridgehead atoms. The van der Waals surface area contributed by atoms with Gasteiger partial charge in [-0.15, -0.1) is 0 Å². The minimum absolute atomic E-state index is 0.125. The van der Waals surface area contributed by atoms with Crippen LogP contribution in [0.1, 0.15) is 55.4 Å². The van der Waals surface area contributed by atoms with Crippen molar-refractivity contribution in [2.75, 3.05) is 0 Å². The highest BCUT2D eigenvalue weighted by molar-refractivity contribution is 7.73. The molecule has 0 unspecified atom stereocenters. The molecule has 0 atom stereocenters. The zero-order valence-corrected chi connectivity index (χ0v) is 17.1. The van der Waals surface area contributed by atoms with E-state index in [1.54, 1.807) is 0 Å². The van der Waals surface area contributed by atoms with Gasteiger partial charge in [-0.05, 0) is 0 Å². The molecule has 22 heavy (non-hydrogen) atoms. The topological polar surface area (TPSA) is 34.1 Å². The maximum Gasteiger partial charge on any atom is 0.120 e. The van der Waals surface area contributed by atoms with Crippen LogP contribution in [-0.2, 0) is 9.13 Å². The van der Waals surface area contributed by atoms with Crippen molar-refractivity contribution < 1.29 is 9.13 Å². The van der Waals surface area contributed by atoms with Crippen molar-refractivity contribution >= 4 is 24.9 Å². The third-order valence-corrected chi connectivity index (χ3v) is 13.1. The molecular weight excluding hydrogens is 310 g/mol. The van der Waals surface area contributed by atoms with Gasteiger partial charge in [-0.1, -0.05) is 79.7 Å². The Morgan fingerprint density at radius 1 is 0.545 bits per heavy atom. The molecule has 0 saturated heterocycles. The fourth-order valence-electron chi connectivity index (χ4n) is 3.30. The fraction of sp³-hybridized carbons (Fsp3) is 0.667. The molecule has 0 saturated carbocycles. The van der Waals surface area contributed by atoms with E-state index in [1.807, 2.05) is 79.7 Å². The molecule has 1 aromatic rings. The Balaban J connectivity index is 3.37. The molecule has 1 aromatic carbocycles. The molecule has 0 aromatic heterocycles. The van der Waals surface area contributed by atoms with E-state index in [2.05, 4.69) is 0 Å². The molecule has 0 fully saturated rings. The molecule has 1 rings (SSSR count). The van der Waals surface area contributed by atoms with Crippen LogP contribution in [0.2, 0.25) is 0 Å². The highest BCUT2D eigenvalue weighted by Gasteiger charge is 2.35. The van der Waals surface area contributed by atoms with Gasteiger partial charge in [0.15, 0.2) is 0 Å². The predicted molar refractivity (Wildman–Crippen MR) is 101 cm³/mol. The van der Waals surface area contributed by atoms with E-state index >= 15 is 0 Å². The van der Waals surface area contributed by atoms with Crippen molar-refractivity contribution in [3.63, 3.8) is 0 Å². The van der Waals surface area contributed by atoms with Gasteiger partial charge in [-0.3, -0.25) is 0 Å². The van der Waals surface area contributed by atoms with E-state index in [9.17, 15) is 9.13 Å². The Kier molecular flexibility index (Phi) is 6.33. The maximum atomic E-state index is 13.4. The van der Waals surface area contributed by atoms with Gasteiger partial charge in [0.1, 0.15) is 14.3 Å². The Morgan fingerprint density at radius 3 is 0.864 bits per heavy atom. The van der Waals surface area contributed by atoms with Crippen molar-refractivity contribution in [1.82, 2.24) is 0 Å². The summed E-state index contributed by atoms with van der Waals surface area (Å²) in [6, 6.07) is 7.81. The van der Waals surface area contributed by atoms with Crippen LogP contribution in [0.15, 0.2) is 24.3 Å². The second-order valence-electron chi connectivity index (χ2n) is 7.31. The summed E-state index contributed by atoms with van der Waals surface area (Å²) in [6.07, 6.45) is 0. The van der Waals surface area contributed by atoms with E-state index in [0.717, 1.165) is 10.6 Å². The van der Waals surface area contributed by atoms with Gasteiger partial charge in [0.05, 0.1) is 0 Å². The summed E-state index contributed by atoms with van der Waals surface area (Å²) in [7, 11) is -4.85. The molecule has 126 valence electrons. The van der Waals surface area contributed by atoms with Gasteiger partial charge in [-0.2, -0.15) is 0 Å². The van der Waals surface area contributed by atoms with Crippen molar-refractivity contribution in [2.24, 2.45) is 0 Å². The normalized spacial score (nSPS) is 13.6. The van der Waals surface area contributed by atoms with E-state index in [4.69, 9.17) is 0 Å². The monoisotopic (exact) mass is 342 g/mol. The summed E-state index contributed by atoms with van der Waals surface area (Å²) < 4.78 is 26.7. The lowest BCUT2D eigenvalue weighted by Gasteiger charge is -2.29. The van der Waals surface area contributed by atoms with E-state index in [0.29, 0.717) is 0 Å². The first-order chi connectivity index (χ1) is 9.98. The largest absolute Gasteiger partial charge is 0.318 e. The quantitative estimate of drug-likeness (QED) is 0.658. The third kappa shape index (κ3) is 3.29.